The van der Waals surface area contributed by atoms with Crippen molar-refractivity contribution >= 4 is 11.0 Å². The Morgan fingerprint density at radius 2 is 2.19 bits per heavy atom. The van der Waals surface area contributed by atoms with Gasteiger partial charge < -0.3 is 4.57 Å². The molecule has 0 aromatic carbocycles. The van der Waals surface area contributed by atoms with Crippen LogP contribution in [0.1, 0.15) is 31.4 Å². The van der Waals surface area contributed by atoms with Crippen LogP contribution in [0.4, 0.5) is 0 Å². The van der Waals surface area contributed by atoms with E-state index in [2.05, 4.69) is 22.9 Å². The van der Waals surface area contributed by atoms with Crippen LogP contribution in [0.15, 0.2) is 23.1 Å². The van der Waals surface area contributed by atoms with Crippen molar-refractivity contribution in [2.24, 2.45) is 13.0 Å². The highest BCUT2D eigenvalue weighted by Gasteiger charge is 2.18. The number of hydrogen-bond acceptors (Lipinski definition) is 3. The molecule has 0 aliphatic carbocycles. The first kappa shape index (κ1) is 14.3. The van der Waals surface area contributed by atoms with Gasteiger partial charge in [-0.15, -0.1) is 0 Å². The number of fused-ring (bicyclic) bond motifs is 1. The van der Waals surface area contributed by atoms with Gasteiger partial charge in [0.05, 0.1) is 11.0 Å². The smallest absolute Gasteiger partial charge is 0.254 e. The van der Waals surface area contributed by atoms with E-state index in [1.807, 2.05) is 26.2 Å². The lowest BCUT2D eigenvalue weighted by Crippen LogP contribution is -2.22. The zero-order valence-corrected chi connectivity index (χ0v) is 13.1. The van der Waals surface area contributed by atoms with E-state index in [9.17, 15) is 4.79 Å². The predicted octanol–water partition coefficient (Wildman–Crippen LogP) is 2.34. The molecule has 0 bridgehead atoms. The average molecular weight is 285 g/mol. The van der Waals surface area contributed by atoms with Gasteiger partial charge >= 0.3 is 0 Å². The summed E-state index contributed by atoms with van der Waals surface area (Å²) in [6.45, 7) is 7.55. The van der Waals surface area contributed by atoms with Gasteiger partial charge in [-0.2, -0.15) is 0 Å². The molecule has 1 atom stereocenters. The Morgan fingerprint density at radius 3 is 2.86 bits per heavy atom. The summed E-state index contributed by atoms with van der Waals surface area (Å²) in [5.41, 5.74) is 3.96. The van der Waals surface area contributed by atoms with E-state index in [1.54, 1.807) is 4.57 Å². The molecule has 0 N–H and O–H groups in total. The van der Waals surface area contributed by atoms with Gasteiger partial charge in [0, 0.05) is 31.9 Å². The van der Waals surface area contributed by atoms with E-state index >= 15 is 0 Å². The number of hydrogen-bond donors (Lipinski definition) is 0. The Morgan fingerprint density at radius 1 is 1.38 bits per heavy atom. The fourth-order valence-corrected chi connectivity index (χ4v) is 3.20. The molecule has 112 valence electrons. The number of aromatic nitrogens is 2. The van der Waals surface area contributed by atoms with Crippen LogP contribution >= 0.6 is 0 Å². The van der Waals surface area contributed by atoms with Gasteiger partial charge in [-0.25, -0.2) is 0 Å². The fourth-order valence-electron chi connectivity index (χ4n) is 3.20. The van der Waals surface area contributed by atoms with Crippen molar-refractivity contribution in [2.75, 3.05) is 13.1 Å². The molecule has 4 heteroatoms. The summed E-state index contributed by atoms with van der Waals surface area (Å²) in [6.07, 6.45) is 3.98. The van der Waals surface area contributed by atoms with E-state index in [0.29, 0.717) is 0 Å². The van der Waals surface area contributed by atoms with Crippen LogP contribution < -0.4 is 5.56 Å². The molecule has 4 nitrogen and oxygen atoms in total. The minimum atomic E-state index is 0.0961. The molecule has 0 saturated carbocycles. The summed E-state index contributed by atoms with van der Waals surface area (Å²) in [6, 6.07) is 4.05. The normalized spacial score (nSPS) is 19.5. The maximum absolute atomic E-state index is 12.2. The van der Waals surface area contributed by atoms with Crippen molar-refractivity contribution in [2.45, 2.75) is 33.2 Å². The quantitative estimate of drug-likeness (QED) is 0.869. The Bertz CT molecular complexity index is 720. The van der Waals surface area contributed by atoms with E-state index in [-0.39, 0.29) is 5.56 Å². The molecule has 0 radical (unpaired) electrons. The minimum absolute atomic E-state index is 0.0961. The molecular formula is C17H23N3O. The molecule has 1 aliphatic rings. The second kappa shape index (κ2) is 5.60. The first-order valence-electron chi connectivity index (χ1n) is 7.78. The number of aryl methyl sites for hydroxylation is 2. The van der Waals surface area contributed by atoms with Crippen molar-refractivity contribution < 1.29 is 0 Å². The summed E-state index contributed by atoms with van der Waals surface area (Å²) in [5.74, 6) is 0.787. The number of nitrogens with zero attached hydrogens (tertiary/aromatic N) is 3. The molecule has 0 amide bonds. The van der Waals surface area contributed by atoms with Crippen molar-refractivity contribution in [1.82, 2.24) is 14.5 Å². The minimum Gasteiger partial charge on any atom is -0.310 e. The van der Waals surface area contributed by atoms with Gasteiger partial charge in [-0.05, 0) is 43.0 Å². The lowest BCUT2D eigenvalue weighted by Gasteiger charge is -2.16. The Kier molecular flexibility index (Phi) is 3.81. The SMILES string of the molecule is CCc1cc2ncc(CN3CC[C@H](C)C3)cc2n(C)c1=O. The molecule has 21 heavy (non-hydrogen) atoms. The molecule has 2 aromatic rings. The third-order valence-electron chi connectivity index (χ3n) is 4.50. The van der Waals surface area contributed by atoms with Crippen molar-refractivity contribution in [3.8, 4) is 0 Å². The van der Waals surface area contributed by atoms with Crippen LogP contribution in [0.25, 0.3) is 11.0 Å². The fraction of sp³-hybridized carbons (Fsp3) is 0.529. The van der Waals surface area contributed by atoms with Gasteiger partial charge in [0.25, 0.3) is 5.56 Å². The number of pyridine rings is 2. The van der Waals surface area contributed by atoms with Crippen molar-refractivity contribution in [3.63, 3.8) is 0 Å². The number of likely N-dealkylation sites (tertiary alicyclic amines) is 1. The van der Waals surface area contributed by atoms with Gasteiger partial charge in [-0.3, -0.25) is 14.7 Å². The van der Waals surface area contributed by atoms with Gasteiger partial charge in [0.15, 0.2) is 0 Å². The maximum atomic E-state index is 12.2. The second-order valence-corrected chi connectivity index (χ2v) is 6.26. The largest absolute Gasteiger partial charge is 0.310 e. The van der Waals surface area contributed by atoms with Crippen LogP contribution in [-0.4, -0.2) is 27.5 Å². The van der Waals surface area contributed by atoms with Crippen molar-refractivity contribution in [3.05, 3.63) is 39.8 Å². The molecule has 0 spiro atoms. The van der Waals surface area contributed by atoms with Crippen molar-refractivity contribution in [1.29, 1.82) is 0 Å². The molecule has 2 aromatic heterocycles. The van der Waals surface area contributed by atoms with E-state index in [0.717, 1.165) is 48.6 Å². The monoisotopic (exact) mass is 285 g/mol. The second-order valence-electron chi connectivity index (χ2n) is 6.26. The molecule has 3 rings (SSSR count). The summed E-state index contributed by atoms with van der Waals surface area (Å²) in [7, 11) is 1.84. The van der Waals surface area contributed by atoms with Crippen LogP contribution in [-0.2, 0) is 20.0 Å². The Hall–Kier alpha value is -1.68. The average Bonchev–Trinajstić information content (AvgIpc) is 2.88. The summed E-state index contributed by atoms with van der Waals surface area (Å²) in [5, 5.41) is 0. The number of rotatable bonds is 3. The van der Waals surface area contributed by atoms with E-state index in [1.165, 1.54) is 12.0 Å². The van der Waals surface area contributed by atoms with Gasteiger partial charge in [0.1, 0.15) is 0 Å². The zero-order valence-electron chi connectivity index (χ0n) is 13.1. The maximum Gasteiger partial charge on any atom is 0.254 e. The summed E-state index contributed by atoms with van der Waals surface area (Å²) in [4.78, 5) is 19.3. The third kappa shape index (κ3) is 2.72. The van der Waals surface area contributed by atoms with Crippen LogP contribution in [0.2, 0.25) is 0 Å². The lowest BCUT2D eigenvalue weighted by atomic mass is 10.1. The summed E-state index contributed by atoms with van der Waals surface area (Å²) >= 11 is 0. The highest BCUT2D eigenvalue weighted by Crippen LogP contribution is 2.19. The van der Waals surface area contributed by atoms with E-state index in [4.69, 9.17) is 0 Å². The highest BCUT2D eigenvalue weighted by atomic mass is 16.1. The lowest BCUT2D eigenvalue weighted by molar-refractivity contribution is 0.320. The molecule has 1 aliphatic heterocycles. The molecule has 1 saturated heterocycles. The topological polar surface area (TPSA) is 38.1 Å². The van der Waals surface area contributed by atoms with Crippen LogP contribution in [0, 0.1) is 5.92 Å². The van der Waals surface area contributed by atoms with Crippen LogP contribution in [0.5, 0.6) is 0 Å². The first-order chi connectivity index (χ1) is 10.1. The Balaban J connectivity index is 1.96. The molecule has 0 unspecified atom stereocenters. The molecule has 1 fully saturated rings. The Labute approximate surface area is 125 Å². The molecule has 3 heterocycles. The third-order valence-corrected chi connectivity index (χ3v) is 4.50. The van der Waals surface area contributed by atoms with Crippen LogP contribution in [0.3, 0.4) is 0 Å². The highest BCUT2D eigenvalue weighted by molar-refractivity contribution is 5.75. The van der Waals surface area contributed by atoms with Gasteiger partial charge in [0.2, 0.25) is 0 Å². The molecular weight excluding hydrogens is 262 g/mol. The summed E-state index contributed by atoms with van der Waals surface area (Å²) < 4.78 is 1.73. The standard InChI is InChI=1S/C17H23N3O/c1-4-14-8-15-16(19(3)17(14)21)7-13(9-18-15)11-20-6-5-12(2)10-20/h7-9,12H,4-6,10-11H2,1-3H3/t12-/m0/s1. The van der Waals surface area contributed by atoms with E-state index < -0.39 is 0 Å². The first-order valence-corrected chi connectivity index (χ1v) is 7.78. The van der Waals surface area contributed by atoms with Gasteiger partial charge in [-0.1, -0.05) is 13.8 Å². The zero-order chi connectivity index (χ0) is 15.0. The predicted molar refractivity (Wildman–Crippen MR) is 85.4 cm³/mol.